The first kappa shape index (κ1) is 6.20. The molecule has 1 radical (unpaired) electrons. The van der Waals surface area contributed by atoms with Gasteiger partial charge in [0.2, 0.25) is 0 Å². The van der Waals surface area contributed by atoms with Gasteiger partial charge >= 0.3 is 0 Å². The highest BCUT2D eigenvalue weighted by Crippen LogP contribution is 1.83. The van der Waals surface area contributed by atoms with Gasteiger partial charge in [-0.2, -0.15) is 0 Å². The van der Waals surface area contributed by atoms with Gasteiger partial charge in [0, 0.05) is 12.7 Å². The summed E-state index contributed by atoms with van der Waals surface area (Å²) in [5.74, 6) is 0. The van der Waals surface area contributed by atoms with Gasteiger partial charge in [0.05, 0.1) is 6.20 Å². The largest absolute Gasteiger partial charge is 0.326 e. The van der Waals surface area contributed by atoms with Gasteiger partial charge in [-0.15, -0.1) is 0 Å². The zero-order chi connectivity index (χ0) is 6.53. The molecule has 0 unspecified atom stereocenters. The maximum atomic E-state index is 3.14. The van der Waals surface area contributed by atoms with E-state index in [1.807, 2.05) is 23.0 Å². The van der Waals surface area contributed by atoms with Crippen molar-refractivity contribution in [3.63, 3.8) is 0 Å². The molecule has 1 heterocycles. The average molecular weight is 123 g/mol. The van der Waals surface area contributed by atoms with E-state index in [4.69, 9.17) is 0 Å². The van der Waals surface area contributed by atoms with Crippen molar-refractivity contribution in [2.75, 3.05) is 12.0 Å². The molecule has 0 atom stereocenters. The molecule has 1 aromatic rings. The standard InChI is InChI=1S/C7H11N2/c1-2-5-8-9-6-3-4-7-9/h3-4,6,8H,2,5H2,1H3. The number of hydrogen-bond donors (Lipinski definition) is 1. The molecule has 0 saturated carbocycles. The maximum Gasteiger partial charge on any atom is 0.0876 e. The van der Waals surface area contributed by atoms with Gasteiger partial charge in [0.15, 0.2) is 0 Å². The second-order valence-electron chi connectivity index (χ2n) is 1.92. The third-order valence-corrected chi connectivity index (χ3v) is 1.08. The summed E-state index contributed by atoms with van der Waals surface area (Å²) in [7, 11) is 0. The molecule has 49 valence electrons. The van der Waals surface area contributed by atoms with E-state index in [0.717, 1.165) is 13.0 Å². The molecule has 0 aliphatic carbocycles. The van der Waals surface area contributed by atoms with Crippen molar-refractivity contribution < 1.29 is 0 Å². The van der Waals surface area contributed by atoms with Crippen molar-refractivity contribution in [1.29, 1.82) is 0 Å². The van der Waals surface area contributed by atoms with Crippen molar-refractivity contribution in [2.45, 2.75) is 13.3 Å². The first-order chi connectivity index (χ1) is 4.43. The predicted molar refractivity (Wildman–Crippen MR) is 37.8 cm³/mol. The molecule has 0 aliphatic heterocycles. The lowest BCUT2D eigenvalue weighted by Crippen LogP contribution is -2.12. The minimum Gasteiger partial charge on any atom is -0.326 e. The molecule has 1 aromatic heterocycles. The van der Waals surface area contributed by atoms with Crippen LogP contribution >= 0.6 is 0 Å². The highest BCUT2D eigenvalue weighted by Gasteiger charge is 1.81. The van der Waals surface area contributed by atoms with Gasteiger partial charge in [0.25, 0.3) is 0 Å². The molecule has 0 amide bonds. The molecule has 0 aliphatic rings. The monoisotopic (exact) mass is 123 g/mol. The molecule has 2 heteroatoms. The summed E-state index contributed by atoms with van der Waals surface area (Å²) in [5, 5.41) is 0. The minimum atomic E-state index is 1.01. The first-order valence-corrected chi connectivity index (χ1v) is 3.22. The number of nitrogens with one attached hydrogen (secondary N) is 1. The summed E-state index contributed by atoms with van der Waals surface area (Å²) < 4.78 is 1.84. The fourth-order valence-corrected chi connectivity index (χ4v) is 0.626. The van der Waals surface area contributed by atoms with Gasteiger partial charge in [-0.3, -0.25) is 4.68 Å². The molecule has 2 nitrogen and oxygen atoms in total. The normalized spacial score (nSPS) is 9.44. The lowest BCUT2D eigenvalue weighted by molar-refractivity contribution is 0.809. The lowest BCUT2D eigenvalue weighted by Gasteiger charge is -2.02. The molecular weight excluding hydrogens is 112 g/mol. The summed E-state index contributed by atoms with van der Waals surface area (Å²) in [5.41, 5.74) is 3.14. The van der Waals surface area contributed by atoms with E-state index in [1.165, 1.54) is 0 Å². The van der Waals surface area contributed by atoms with Crippen LogP contribution in [0.15, 0.2) is 18.3 Å². The summed E-state index contributed by atoms with van der Waals surface area (Å²) in [6.45, 7) is 3.14. The highest BCUT2D eigenvalue weighted by molar-refractivity contribution is 4.90. The molecule has 0 spiro atoms. The van der Waals surface area contributed by atoms with Crippen molar-refractivity contribution in [2.24, 2.45) is 0 Å². The highest BCUT2D eigenvalue weighted by atomic mass is 15.4. The Bertz CT molecular complexity index is 144. The van der Waals surface area contributed by atoms with Crippen LogP contribution < -0.4 is 5.43 Å². The summed E-state index contributed by atoms with van der Waals surface area (Å²) >= 11 is 0. The van der Waals surface area contributed by atoms with Gasteiger partial charge in [-0.05, 0) is 18.6 Å². The number of hydrogen-bond acceptors (Lipinski definition) is 1. The molecule has 9 heavy (non-hydrogen) atoms. The Kier molecular flexibility index (Phi) is 2.19. The van der Waals surface area contributed by atoms with Crippen LogP contribution in [-0.2, 0) is 0 Å². The molecule has 1 rings (SSSR count). The van der Waals surface area contributed by atoms with Crippen LogP contribution in [0.25, 0.3) is 0 Å². The third-order valence-electron chi connectivity index (χ3n) is 1.08. The van der Waals surface area contributed by atoms with Gasteiger partial charge in [0.1, 0.15) is 0 Å². The fourth-order valence-electron chi connectivity index (χ4n) is 0.626. The van der Waals surface area contributed by atoms with Gasteiger partial charge in [-0.25, -0.2) is 0 Å². The Labute approximate surface area is 55.5 Å². The van der Waals surface area contributed by atoms with E-state index in [-0.39, 0.29) is 0 Å². The van der Waals surface area contributed by atoms with E-state index in [2.05, 4.69) is 18.5 Å². The van der Waals surface area contributed by atoms with Crippen LogP contribution in [0.3, 0.4) is 0 Å². The minimum absolute atomic E-state index is 1.01. The molecule has 0 fully saturated rings. The van der Waals surface area contributed by atoms with Crippen molar-refractivity contribution in [3.05, 3.63) is 24.5 Å². The average Bonchev–Trinajstić information content (AvgIpc) is 2.34. The fraction of sp³-hybridized carbons (Fsp3) is 0.429. The van der Waals surface area contributed by atoms with Crippen LogP contribution in [0.1, 0.15) is 13.3 Å². The van der Waals surface area contributed by atoms with Crippen LogP contribution in [-0.4, -0.2) is 11.2 Å². The second-order valence-corrected chi connectivity index (χ2v) is 1.92. The smallest absolute Gasteiger partial charge is 0.0876 e. The second kappa shape index (κ2) is 3.17. The van der Waals surface area contributed by atoms with Crippen molar-refractivity contribution >= 4 is 0 Å². The Hall–Kier alpha value is -0.920. The first-order valence-electron chi connectivity index (χ1n) is 3.22. The van der Waals surface area contributed by atoms with Crippen LogP contribution in [0.4, 0.5) is 0 Å². The Morgan fingerprint density at radius 2 is 2.56 bits per heavy atom. The van der Waals surface area contributed by atoms with E-state index < -0.39 is 0 Å². The van der Waals surface area contributed by atoms with E-state index in [0.29, 0.717) is 0 Å². The van der Waals surface area contributed by atoms with Crippen LogP contribution in [0.5, 0.6) is 0 Å². The predicted octanol–water partition coefficient (Wildman–Crippen LogP) is 1.24. The lowest BCUT2D eigenvalue weighted by atomic mass is 10.5. The van der Waals surface area contributed by atoms with Crippen molar-refractivity contribution in [1.82, 2.24) is 4.68 Å². The Morgan fingerprint density at radius 3 is 3.11 bits per heavy atom. The molecule has 0 bridgehead atoms. The van der Waals surface area contributed by atoms with Gasteiger partial charge in [-0.1, -0.05) is 6.92 Å². The Balaban J connectivity index is 2.30. The molecule has 0 saturated heterocycles. The summed E-state index contributed by atoms with van der Waals surface area (Å²) in [6.07, 6.45) is 6.06. The Morgan fingerprint density at radius 1 is 1.67 bits per heavy atom. The summed E-state index contributed by atoms with van der Waals surface area (Å²) in [6, 6.07) is 3.82. The van der Waals surface area contributed by atoms with E-state index in [1.54, 1.807) is 0 Å². The van der Waals surface area contributed by atoms with Crippen LogP contribution in [0.2, 0.25) is 0 Å². The van der Waals surface area contributed by atoms with E-state index >= 15 is 0 Å². The van der Waals surface area contributed by atoms with Gasteiger partial charge < -0.3 is 5.43 Å². The zero-order valence-corrected chi connectivity index (χ0v) is 5.59. The third kappa shape index (κ3) is 1.80. The quantitative estimate of drug-likeness (QED) is 0.640. The maximum absolute atomic E-state index is 3.14. The number of aromatic nitrogens is 1. The molecule has 1 N–H and O–H groups in total. The molecule has 0 aromatic carbocycles. The van der Waals surface area contributed by atoms with Crippen LogP contribution in [0, 0.1) is 6.20 Å². The topological polar surface area (TPSA) is 17.0 Å². The van der Waals surface area contributed by atoms with Crippen molar-refractivity contribution in [3.8, 4) is 0 Å². The SMILES string of the molecule is CCCNn1[c]ccc1. The van der Waals surface area contributed by atoms with E-state index in [9.17, 15) is 0 Å². The molecular formula is C7H11N2. The summed E-state index contributed by atoms with van der Waals surface area (Å²) in [4.78, 5) is 0. The zero-order valence-electron chi connectivity index (χ0n) is 5.59. The number of nitrogens with zero attached hydrogens (tertiary/aromatic N) is 1. The number of rotatable bonds is 3.